The minimum Gasteiger partial charge on any atom is -0.497 e. The van der Waals surface area contributed by atoms with Gasteiger partial charge in [0.05, 0.1) is 17.5 Å². The van der Waals surface area contributed by atoms with E-state index in [4.69, 9.17) is 21.1 Å². The van der Waals surface area contributed by atoms with Crippen molar-refractivity contribution in [3.63, 3.8) is 0 Å². The monoisotopic (exact) mass is 344 g/mol. The molecule has 0 unspecified atom stereocenters. The van der Waals surface area contributed by atoms with Crippen LogP contribution in [-0.2, 0) is 5.88 Å². The van der Waals surface area contributed by atoms with Gasteiger partial charge in [0.15, 0.2) is 11.6 Å². The molecule has 0 aromatic heterocycles. The van der Waals surface area contributed by atoms with E-state index < -0.39 is 5.82 Å². The quantitative estimate of drug-likeness (QED) is 0.715. The summed E-state index contributed by atoms with van der Waals surface area (Å²) in [5.74, 6) is 1.06. The summed E-state index contributed by atoms with van der Waals surface area (Å²) >= 11 is 9.14. The summed E-state index contributed by atoms with van der Waals surface area (Å²) in [6, 6.07) is 9.85. The number of hydrogen-bond donors (Lipinski definition) is 0. The predicted molar refractivity (Wildman–Crippen MR) is 76.7 cm³/mol. The van der Waals surface area contributed by atoms with Crippen LogP contribution in [0.4, 0.5) is 4.39 Å². The maximum absolute atomic E-state index is 13.8. The Hall–Kier alpha value is -1.26. The van der Waals surface area contributed by atoms with E-state index in [2.05, 4.69) is 15.9 Å². The van der Waals surface area contributed by atoms with Crippen molar-refractivity contribution in [3.05, 3.63) is 52.3 Å². The molecule has 0 saturated carbocycles. The molecule has 5 heteroatoms. The van der Waals surface area contributed by atoms with Crippen molar-refractivity contribution in [2.45, 2.75) is 5.88 Å². The average molecular weight is 346 g/mol. The molecule has 0 aliphatic rings. The number of alkyl halides is 1. The maximum Gasteiger partial charge on any atom is 0.167 e. The fraction of sp³-hybridized carbons (Fsp3) is 0.143. The topological polar surface area (TPSA) is 18.5 Å². The lowest BCUT2D eigenvalue weighted by Gasteiger charge is -2.12. The molecule has 100 valence electrons. The SMILES string of the molecule is COc1ccc(Oc2c(F)cccc2CCl)c(Br)c1. The summed E-state index contributed by atoms with van der Waals surface area (Å²) in [6.45, 7) is 0. The number of para-hydroxylation sites is 1. The molecule has 2 nitrogen and oxygen atoms in total. The van der Waals surface area contributed by atoms with E-state index in [1.807, 2.05) is 0 Å². The van der Waals surface area contributed by atoms with E-state index in [0.29, 0.717) is 21.5 Å². The normalized spacial score (nSPS) is 10.3. The number of ether oxygens (including phenoxy) is 2. The van der Waals surface area contributed by atoms with Gasteiger partial charge < -0.3 is 9.47 Å². The van der Waals surface area contributed by atoms with Crippen molar-refractivity contribution in [1.29, 1.82) is 0 Å². The van der Waals surface area contributed by atoms with Crippen molar-refractivity contribution in [2.24, 2.45) is 0 Å². The molecule has 2 aromatic rings. The van der Waals surface area contributed by atoms with E-state index in [-0.39, 0.29) is 11.6 Å². The van der Waals surface area contributed by atoms with Gasteiger partial charge in [-0.05, 0) is 40.2 Å². The Kier molecular flexibility index (Phi) is 4.66. The van der Waals surface area contributed by atoms with Gasteiger partial charge in [0, 0.05) is 5.56 Å². The van der Waals surface area contributed by atoms with Crippen LogP contribution in [0.25, 0.3) is 0 Å². The van der Waals surface area contributed by atoms with E-state index in [1.54, 1.807) is 37.4 Å². The Balaban J connectivity index is 2.36. The lowest BCUT2D eigenvalue weighted by atomic mass is 10.2. The first-order chi connectivity index (χ1) is 9.15. The second-order valence-corrected chi connectivity index (χ2v) is 4.88. The van der Waals surface area contributed by atoms with Crippen LogP contribution in [0.3, 0.4) is 0 Å². The van der Waals surface area contributed by atoms with Gasteiger partial charge in [-0.15, -0.1) is 11.6 Å². The van der Waals surface area contributed by atoms with Crippen LogP contribution in [0.1, 0.15) is 5.56 Å². The zero-order chi connectivity index (χ0) is 13.8. The molecule has 19 heavy (non-hydrogen) atoms. The lowest BCUT2D eigenvalue weighted by molar-refractivity contribution is 0.409. The number of methoxy groups -OCH3 is 1. The predicted octanol–water partition coefficient (Wildman–Crippen LogP) is 5.13. The molecule has 0 atom stereocenters. The molecule has 2 aromatic carbocycles. The number of halogens is 3. The standard InChI is InChI=1S/C14H11BrClFO2/c1-18-10-5-6-13(11(15)7-10)19-14-9(8-16)3-2-4-12(14)17/h2-7H,8H2,1H3. The molecule has 0 N–H and O–H groups in total. The Morgan fingerprint density at radius 2 is 2.05 bits per heavy atom. The minimum atomic E-state index is -0.444. The van der Waals surface area contributed by atoms with Crippen LogP contribution >= 0.6 is 27.5 Å². The molecule has 0 bridgehead atoms. The second-order valence-electron chi connectivity index (χ2n) is 3.76. The van der Waals surface area contributed by atoms with Crippen LogP contribution in [0.5, 0.6) is 17.2 Å². The Bertz CT molecular complexity index is 590. The molecule has 2 rings (SSSR count). The van der Waals surface area contributed by atoms with Gasteiger partial charge in [0.1, 0.15) is 11.5 Å². The van der Waals surface area contributed by atoms with E-state index in [9.17, 15) is 4.39 Å². The molecular weight excluding hydrogens is 335 g/mol. The maximum atomic E-state index is 13.8. The van der Waals surface area contributed by atoms with Gasteiger partial charge in [0.25, 0.3) is 0 Å². The Morgan fingerprint density at radius 1 is 1.26 bits per heavy atom. The van der Waals surface area contributed by atoms with Crippen molar-refractivity contribution in [1.82, 2.24) is 0 Å². The van der Waals surface area contributed by atoms with E-state index >= 15 is 0 Å². The Morgan fingerprint density at radius 3 is 2.68 bits per heavy atom. The number of benzene rings is 2. The summed E-state index contributed by atoms with van der Waals surface area (Å²) in [5, 5.41) is 0. The van der Waals surface area contributed by atoms with Crippen LogP contribution in [-0.4, -0.2) is 7.11 Å². The van der Waals surface area contributed by atoms with Gasteiger partial charge >= 0.3 is 0 Å². The van der Waals surface area contributed by atoms with Crippen molar-refractivity contribution in [2.75, 3.05) is 7.11 Å². The third-order valence-corrected chi connectivity index (χ3v) is 3.45. The molecule has 0 aliphatic heterocycles. The van der Waals surface area contributed by atoms with Gasteiger partial charge in [-0.2, -0.15) is 0 Å². The highest BCUT2D eigenvalue weighted by Crippen LogP contribution is 2.35. The number of hydrogen-bond acceptors (Lipinski definition) is 2. The summed E-state index contributed by atoms with van der Waals surface area (Å²) in [4.78, 5) is 0. The summed E-state index contributed by atoms with van der Waals surface area (Å²) in [5.41, 5.74) is 0.601. The van der Waals surface area contributed by atoms with E-state index in [0.717, 1.165) is 0 Å². The van der Waals surface area contributed by atoms with Crippen molar-refractivity contribution in [3.8, 4) is 17.2 Å². The molecule has 0 aliphatic carbocycles. The smallest absolute Gasteiger partial charge is 0.167 e. The molecule has 0 radical (unpaired) electrons. The fourth-order valence-corrected chi connectivity index (χ4v) is 2.22. The molecule has 0 saturated heterocycles. The third-order valence-electron chi connectivity index (χ3n) is 2.54. The zero-order valence-electron chi connectivity index (χ0n) is 10.1. The van der Waals surface area contributed by atoms with Crippen LogP contribution < -0.4 is 9.47 Å². The first kappa shape index (κ1) is 14.2. The minimum absolute atomic E-state index is 0.142. The summed E-state index contributed by atoms with van der Waals surface area (Å²) in [6.07, 6.45) is 0. The van der Waals surface area contributed by atoms with Crippen LogP contribution in [0.2, 0.25) is 0 Å². The highest BCUT2D eigenvalue weighted by atomic mass is 79.9. The zero-order valence-corrected chi connectivity index (χ0v) is 12.5. The van der Waals surface area contributed by atoms with E-state index in [1.165, 1.54) is 6.07 Å². The molecule has 0 fully saturated rings. The second kappa shape index (κ2) is 6.26. The van der Waals surface area contributed by atoms with Gasteiger partial charge in [-0.25, -0.2) is 4.39 Å². The van der Waals surface area contributed by atoms with Crippen molar-refractivity contribution < 1.29 is 13.9 Å². The Labute approximate surface area is 124 Å². The molecular formula is C14H11BrClFO2. The summed E-state index contributed by atoms with van der Waals surface area (Å²) in [7, 11) is 1.57. The molecule has 0 amide bonds. The largest absolute Gasteiger partial charge is 0.497 e. The van der Waals surface area contributed by atoms with Crippen molar-refractivity contribution >= 4 is 27.5 Å². The highest BCUT2D eigenvalue weighted by Gasteiger charge is 2.12. The fourth-order valence-electron chi connectivity index (χ4n) is 1.57. The first-order valence-corrected chi connectivity index (χ1v) is 6.83. The molecule has 0 spiro atoms. The van der Waals surface area contributed by atoms with Gasteiger partial charge in [-0.3, -0.25) is 0 Å². The lowest BCUT2D eigenvalue weighted by Crippen LogP contribution is -1.94. The third kappa shape index (κ3) is 3.19. The van der Waals surface area contributed by atoms with Gasteiger partial charge in [0.2, 0.25) is 0 Å². The van der Waals surface area contributed by atoms with Crippen LogP contribution in [0.15, 0.2) is 40.9 Å². The van der Waals surface area contributed by atoms with Crippen LogP contribution in [0, 0.1) is 5.82 Å². The average Bonchev–Trinajstić information content (AvgIpc) is 2.42. The van der Waals surface area contributed by atoms with Gasteiger partial charge in [-0.1, -0.05) is 12.1 Å². The first-order valence-electron chi connectivity index (χ1n) is 5.50. The summed E-state index contributed by atoms with van der Waals surface area (Å²) < 4.78 is 25.1. The number of rotatable bonds is 4. The molecule has 0 heterocycles. The highest BCUT2D eigenvalue weighted by molar-refractivity contribution is 9.10.